The van der Waals surface area contributed by atoms with E-state index in [2.05, 4.69) is 10.3 Å². The zero-order valence-corrected chi connectivity index (χ0v) is 13.1. The van der Waals surface area contributed by atoms with Gasteiger partial charge in [0.1, 0.15) is 5.75 Å². The van der Waals surface area contributed by atoms with Gasteiger partial charge in [-0.3, -0.25) is 4.98 Å². The van der Waals surface area contributed by atoms with Crippen LogP contribution in [-0.4, -0.2) is 44.6 Å². The van der Waals surface area contributed by atoms with Gasteiger partial charge in [-0.25, -0.2) is 0 Å². The van der Waals surface area contributed by atoms with Crippen LogP contribution < -0.4 is 10.1 Å². The Labute approximate surface area is 127 Å². The number of methoxy groups -OCH3 is 1. The molecule has 118 valence electrons. The molecule has 1 saturated carbocycles. The maximum atomic E-state index is 5.84. The lowest BCUT2D eigenvalue weighted by Gasteiger charge is -2.12. The Morgan fingerprint density at radius 2 is 2.05 bits per heavy atom. The third kappa shape index (κ3) is 6.42. The molecule has 5 heteroatoms. The molecule has 0 unspecified atom stereocenters. The number of nitrogens with zero attached hydrogens (tertiary/aromatic N) is 1. The first-order chi connectivity index (χ1) is 10.3. The second-order valence-electron chi connectivity index (χ2n) is 5.36. The van der Waals surface area contributed by atoms with Crippen LogP contribution in [0.4, 0.5) is 0 Å². The van der Waals surface area contributed by atoms with E-state index in [0.717, 1.165) is 30.1 Å². The van der Waals surface area contributed by atoms with Crippen molar-refractivity contribution in [1.29, 1.82) is 0 Å². The van der Waals surface area contributed by atoms with Crippen molar-refractivity contribution < 1.29 is 14.2 Å². The van der Waals surface area contributed by atoms with Crippen molar-refractivity contribution in [1.82, 2.24) is 10.3 Å². The van der Waals surface area contributed by atoms with Crippen molar-refractivity contribution in [3.05, 3.63) is 23.5 Å². The van der Waals surface area contributed by atoms with Gasteiger partial charge >= 0.3 is 0 Å². The number of nitrogens with one attached hydrogen (secondary N) is 1. The standard InChI is InChI=1S/C16H26N2O3/c1-13-4-7-16(15(18-13)12-17-14-5-6-14)21-9-3-8-20-11-10-19-2/h4,7,14,17H,3,5-6,8-12H2,1-2H3. The largest absolute Gasteiger partial charge is 0.492 e. The summed E-state index contributed by atoms with van der Waals surface area (Å²) in [6, 6.07) is 4.68. The fourth-order valence-corrected chi connectivity index (χ4v) is 1.97. The molecule has 0 radical (unpaired) electrons. The summed E-state index contributed by atoms with van der Waals surface area (Å²) in [6.45, 7) is 5.41. The molecule has 0 saturated heterocycles. The maximum absolute atomic E-state index is 5.84. The van der Waals surface area contributed by atoms with E-state index >= 15 is 0 Å². The van der Waals surface area contributed by atoms with Crippen molar-refractivity contribution in [3.8, 4) is 5.75 Å². The smallest absolute Gasteiger partial charge is 0.142 e. The number of ether oxygens (including phenoxy) is 3. The maximum Gasteiger partial charge on any atom is 0.142 e. The number of hydrogen-bond donors (Lipinski definition) is 1. The highest BCUT2D eigenvalue weighted by Crippen LogP contribution is 2.22. The summed E-state index contributed by atoms with van der Waals surface area (Å²) >= 11 is 0. The third-order valence-electron chi connectivity index (χ3n) is 3.33. The van der Waals surface area contributed by atoms with Crippen molar-refractivity contribution in [3.63, 3.8) is 0 Å². The van der Waals surface area contributed by atoms with E-state index in [1.807, 2.05) is 19.1 Å². The fourth-order valence-electron chi connectivity index (χ4n) is 1.97. The lowest BCUT2D eigenvalue weighted by molar-refractivity contribution is 0.0643. The number of aromatic nitrogens is 1. The predicted molar refractivity (Wildman–Crippen MR) is 81.6 cm³/mol. The van der Waals surface area contributed by atoms with Gasteiger partial charge in [0.25, 0.3) is 0 Å². The van der Waals surface area contributed by atoms with E-state index in [-0.39, 0.29) is 0 Å². The Hall–Kier alpha value is -1.17. The Balaban J connectivity index is 1.70. The molecule has 0 bridgehead atoms. The van der Waals surface area contributed by atoms with Gasteiger partial charge in [0.2, 0.25) is 0 Å². The summed E-state index contributed by atoms with van der Waals surface area (Å²) in [7, 11) is 1.67. The molecule has 1 heterocycles. The lowest BCUT2D eigenvalue weighted by Crippen LogP contribution is -2.17. The summed E-state index contributed by atoms with van der Waals surface area (Å²) in [5.74, 6) is 0.880. The second kappa shape index (κ2) is 8.97. The molecule has 1 aromatic rings. The number of hydrogen-bond acceptors (Lipinski definition) is 5. The summed E-state index contributed by atoms with van der Waals surface area (Å²) < 4.78 is 16.2. The van der Waals surface area contributed by atoms with Gasteiger partial charge in [0, 0.05) is 38.4 Å². The first-order valence-electron chi connectivity index (χ1n) is 7.69. The molecule has 1 fully saturated rings. The summed E-state index contributed by atoms with van der Waals surface area (Å²) in [4.78, 5) is 4.58. The Morgan fingerprint density at radius 1 is 1.19 bits per heavy atom. The van der Waals surface area contributed by atoms with Crippen LogP contribution >= 0.6 is 0 Å². The van der Waals surface area contributed by atoms with Gasteiger partial charge in [-0.15, -0.1) is 0 Å². The monoisotopic (exact) mass is 294 g/mol. The molecule has 0 spiro atoms. The van der Waals surface area contributed by atoms with E-state index < -0.39 is 0 Å². The van der Waals surface area contributed by atoms with Crippen LogP contribution in [0.15, 0.2) is 12.1 Å². The van der Waals surface area contributed by atoms with E-state index in [0.29, 0.717) is 32.5 Å². The molecule has 21 heavy (non-hydrogen) atoms. The molecule has 0 aliphatic heterocycles. The average molecular weight is 294 g/mol. The van der Waals surface area contributed by atoms with Crippen molar-refractivity contribution in [2.75, 3.05) is 33.5 Å². The predicted octanol–water partition coefficient (Wildman–Crippen LogP) is 2.07. The minimum Gasteiger partial charge on any atom is -0.492 e. The van der Waals surface area contributed by atoms with E-state index in [1.165, 1.54) is 12.8 Å². The first-order valence-corrected chi connectivity index (χ1v) is 7.69. The van der Waals surface area contributed by atoms with Gasteiger partial charge in [-0.2, -0.15) is 0 Å². The Bertz CT molecular complexity index is 422. The summed E-state index contributed by atoms with van der Waals surface area (Å²) in [6.07, 6.45) is 3.43. The molecule has 1 N–H and O–H groups in total. The molecule has 0 atom stereocenters. The van der Waals surface area contributed by atoms with Gasteiger partial charge in [0.15, 0.2) is 0 Å². The van der Waals surface area contributed by atoms with E-state index in [1.54, 1.807) is 7.11 Å². The first kappa shape index (κ1) is 16.2. The SMILES string of the molecule is COCCOCCCOc1ccc(C)nc1CNC1CC1. The molecule has 1 aliphatic carbocycles. The average Bonchev–Trinajstić information content (AvgIpc) is 3.30. The van der Waals surface area contributed by atoms with Gasteiger partial charge in [-0.1, -0.05) is 0 Å². The third-order valence-corrected chi connectivity index (χ3v) is 3.33. The van der Waals surface area contributed by atoms with Crippen molar-refractivity contribution in [2.45, 2.75) is 38.8 Å². The number of aryl methyl sites for hydroxylation is 1. The van der Waals surface area contributed by atoms with Crippen LogP contribution in [0.25, 0.3) is 0 Å². The normalized spacial score (nSPS) is 14.4. The summed E-state index contributed by atoms with van der Waals surface area (Å²) in [5, 5.41) is 3.48. The van der Waals surface area contributed by atoms with Crippen LogP contribution in [0.5, 0.6) is 5.75 Å². The zero-order chi connectivity index (χ0) is 14.9. The highest BCUT2D eigenvalue weighted by Gasteiger charge is 2.21. The molecule has 1 aliphatic rings. The van der Waals surface area contributed by atoms with Crippen molar-refractivity contribution >= 4 is 0 Å². The Morgan fingerprint density at radius 3 is 2.81 bits per heavy atom. The Kier molecular flexibility index (Phi) is 6.92. The molecular weight excluding hydrogens is 268 g/mol. The van der Waals surface area contributed by atoms with E-state index in [9.17, 15) is 0 Å². The van der Waals surface area contributed by atoms with E-state index in [4.69, 9.17) is 14.2 Å². The van der Waals surface area contributed by atoms with Crippen LogP contribution in [-0.2, 0) is 16.0 Å². The molecule has 0 amide bonds. The highest BCUT2D eigenvalue weighted by molar-refractivity contribution is 5.29. The molecular formula is C16H26N2O3. The quantitative estimate of drug-likeness (QED) is 0.633. The molecule has 1 aromatic heterocycles. The minimum atomic E-state index is 0.638. The lowest BCUT2D eigenvalue weighted by atomic mass is 10.2. The van der Waals surface area contributed by atoms with Gasteiger partial charge in [0.05, 0.1) is 25.5 Å². The van der Waals surface area contributed by atoms with Gasteiger partial charge < -0.3 is 19.5 Å². The number of rotatable bonds is 11. The van der Waals surface area contributed by atoms with Crippen LogP contribution in [0, 0.1) is 6.92 Å². The van der Waals surface area contributed by atoms with Crippen LogP contribution in [0.3, 0.4) is 0 Å². The molecule has 0 aromatic carbocycles. The highest BCUT2D eigenvalue weighted by atomic mass is 16.5. The topological polar surface area (TPSA) is 52.6 Å². The molecule has 2 rings (SSSR count). The van der Waals surface area contributed by atoms with Gasteiger partial charge in [-0.05, 0) is 31.9 Å². The molecule has 5 nitrogen and oxygen atoms in total. The fraction of sp³-hybridized carbons (Fsp3) is 0.688. The minimum absolute atomic E-state index is 0.638. The van der Waals surface area contributed by atoms with Crippen LogP contribution in [0.2, 0.25) is 0 Å². The second-order valence-corrected chi connectivity index (χ2v) is 5.36. The van der Waals surface area contributed by atoms with Crippen molar-refractivity contribution in [2.24, 2.45) is 0 Å². The zero-order valence-electron chi connectivity index (χ0n) is 13.1. The summed E-state index contributed by atoms with van der Waals surface area (Å²) in [5.41, 5.74) is 2.03. The van der Waals surface area contributed by atoms with Crippen LogP contribution in [0.1, 0.15) is 30.7 Å². The number of pyridine rings is 1.